The van der Waals surface area contributed by atoms with Crippen LogP contribution in [-0.2, 0) is 4.79 Å². The number of likely N-dealkylation sites (tertiary alicyclic amines) is 1. The number of alkyl halides is 1. The maximum Gasteiger partial charge on any atom is 0.273 e. The molecule has 0 spiro atoms. The quantitative estimate of drug-likeness (QED) is 0.637. The van der Waals surface area contributed by atoms with Crippen LogP contribution in [0.15, 0.2) is 28.8 Å². The zero-order valence-electron chi connectivity index (χ0n) is 18.9. The lowest BCUT2D eigenvalue weighted by atomic mass is 9.87. The molecule has 2 aromatic rings. The summed E-state index contributed by atoms with van der Waals surface area (Å²) >= 11 is 0. The molecule has 2 amide bonds. The van der Waals surface area contributed by atoms with Crippen LogP contribution in [-0.4, -0.2) is 60.3 Å². The molecule has 34 heavy (non-hydrogen) atoms. The van der Waals surface area contributed by atoms with E-state index in [9.17, 15) is 22.8 Å². The average Bonchev–Trinajstić information content (AvgIpc) is 3.33. The van der Waals surface area contributed by atoms with E-state index in [1.54, 1.807) is 0 Å². The molecule has 0 unspecified atom stereocenters. The molecule has 10 heteroatoms. The average molecular weight is 479 g/mol. The van der Waals surface area contributed by atoms with E-state index in [1.807, 2.05) is 0 Å². The monoisotopic (exact) mass is 478 g/mol. The summed E-state index contributed by atoms with van der Waals surface area (Å²) in [6, 6.07) is 4.25. The number of aromatic nitrogens is 1. The van der Waals surface area contributed by atoms with Crippen LogP contribution in [0.1, 0.15) is 49.0 Å². The summed E-state index contributed by atoms with van der Waals surface area (Å²) in [5.74, 6) is -2.95. The second kappa shape index (κ2) is 11.0. The Balaban J connectivity index is 1.45. The third kappa shape index (κ3) is 5.60. The SMILES string of the molecule is O=C(N[C@@H]1CCN(C2CCCCC2)C[C@H]1C(=O)NCCF)c1cc(-c2ccc(F)cc2F)on1. The normalized spacial score (nSPS) is 21.9. The topological polar surface area (TPSA) is 87.5 Å². The highest BCUT2D eigenvalue weighted by Gasteiger charge is 2.38. The van der Waals surface area contributed by atoms with E-state index in [-0.39, 0.29) is 29.5 Å². The summed E-state index contributed by atoms with van der Waals surface area (Å²) in [4.78, 5) is 28.0. The molecule has 184 valence electrons. The van der Waals surface area contributed by atoms with Gasteiger partial charge in [0.05, 0.1) is 11.5 Å². The number of hydrogen-bond acceptors (Lipinski definition) is 5. The first-order chi connectivity index (χ1) is 16.5. The summed E-state index contributed by atoms with van der Waals surface area (Å²) in [6.07, 6.45) is 6.32. The van der Waals surface area contributed by atoms with E-state index >= 15 is 0 Å². The lowest BCUT2D eigenvalue weighted by molar-refractivity contribution is -0.128. The van der Waals surface area contributed by atoms with E-state index in [0.29, 0.717) is 19.0 Å². The summed E-state index contributed by atoms with van der Waals surface area (Å²) in [5.41, 5.74) is -0.0893. The fourth-order valence-electron chi connectivity index (χ4n) is 4.94. The minimum atomic E-state index is -0.831. The van der Waals surface area contributed by atoms with Gasteiger partial charge in [-0.2, -0.15) is 0 Å². The minimum Gasteiger partial charge on any atom is -0.355 e. The number of amides is 2. The van der Waals surface area contributed by atoms with Gasteiger partial charge in [0, 0.05) is 43.9 Å². The molecule has 1 aromatic carbocycles. The van der Waals surface area contributed by atoms with Gasteiger partial charge in [-0.25, -0.2) is 13.2 Å². The Kier molecular flexibility index (Phi) is 7.87. The van der Waals surface area contributed by atoms with Gasteiger partial charge in [-0.1, -0.05) is 24.4 Å². The van der Waals surface area contributed by atoms with Gasteiger partial charge >= 0.3 is 0 Å². The molecule has 1 saturated heterocycles. The van der Waals surface area contributed by atoms with Crippen LogP contribution in [0.2, 0.25) is 0 Å². The second-order valence-corrected chi connectivity index (χ2v) is 8.94. The van der Waals surface area contributed by atoms with Gasteiger partial charge in [0.25, 0.3) is 5.91 Å². The molecule has 2 aliphatic rings. The number of rotatable bonds is 7. The Bertz CT molecular complexity index is 1010. The predicted octanol–water partition coefficient (Wildman–Crippen LogP) is 3.46. The third-order valence-electron chi connectivity index (χ3n) is 6.72. The smallest absolute Gasteiger partial charge is 0.273 e. The summed E-state index contributed by atoms with van der Waals surface area (Å²) in [6.45, 7) is 0.491. The number of hydrogen-bond donors (Lipinski definition) is 2. The van der Waals surface area contributed by atoms with Crippen molar-refractivity contribution >= 4 is 11.8 Å². The van der Waals surface area contributed by atoms with Crippen LogP contribution in [0, 0.1) is 17.6 Å². The number of carbonyl (C=O) groups excluding carboxylic acids is 2. The van der Waals surface area contributed by atoms with Crippen LogP contribution in [0.4, 0.5) is 13.2 Å². The van der Waals surface area contributed by atoms with E-state index in [2.05, 4.69) is 20.7 Å². The molecule has 1 aromatic heterocycles. The number of nitrogens with zero attached hydrogens (tertiary/aromatic N) is 2. The van der Waals surface area contributed by atoms with Crippen LogP contribution in [0.3, 0.4) is 0 Å². The number of nitrogens with one attached hydrogen (secondary N) is 2. The molecule has 7 nitrogen and oxygen atoms in total. The standard InChI is InChI=1S/C24H29F3N4O3/c25-9-10-28-23(32)18-14-31(16-4-2-1-3-5-16)11-8-20(18)29-24(33)21-13-22(34-30-21)17-7-6-15(26)12-19(17)27/h6-7,12-13,16,18,20H,1-5,8-11,14H2,(H,28,32)(H,29,33)/t18-,20-/m1/s1. The Morgan fingerprint density at radius 3 is 2.65 bits per heavy atom. The molecule has 2 N–H and O–H groups in total. The van der Waals surface area contributed by atoms with Crippen molar-refractivity contribution in [1.82, 2.24) is 20.7 Å². The lowest BCUT2D eigenvalue weighted by Crippen LogP contribution is -2.58. The molecule has 1 saturated carbocycles. The van der Waals surface area contributed by atoms with Gasteiger partial charge in [0.2, 0.25) is 5.91 Å². The molecule has 0 bridgehead atoms. The lowest BCUT2D eigenvalue weighted by Gasteiger charge is -2.43. The molecular weight excluding hydrogens is 449 g/mol. The van der Waals surface area contributed by atoms with Crippen molar-refractivity contribution in [3.63, 3.8) is 0 Å². The molecule has 4 rings (SSSR count). The van der Waals surface area contributed by atoms with Crippen LogP contribution in [0.25, 0.3) is 11.3 Å². The van der Waals surface area contributed by atoms with E-state index in [4.69, 9.17) is 4.52 Å². The molecule has 1 aliphatic heterocycles. The van der Waals surface area contributed by atoms with Gasteiger partial charge in [0.15, 0.2) is 11.5 Å². The van der Waals surface area contributed by atoms with Gasteiger partial charge < -0.3 is 15.2 Å². The van der Waals surface area contributed by atoms with Crippen LogP contribution < -0.4 is 10.6 Å². The van der Waals surface area contributed by atoms with Gasteiger partial charge in [0.1, 0.15) is 18.3 Å². The second-order valence-electron chi connectivity index (χ2n) is 8.94. The Morgan fingerprint density at radius 1 is 1.12 bits per heavy atom. The number of benzene rings is 1. The highest BCUT2D eigenvalue weighted by Crippen LogP contribution is 2.28. The highest BCUT2D eigenvalue weighted by molar-refractivity contribution is 5.94. The van der Waals surface area contributed by atoms with Crippen molar-refractivity contribution in [1.29, 1.82) is 0 Å². The fraction of sp³-hybridized carbons (Fsp3) is 0.542. The van der Waals surface area contributed by atoms with Crippen molar-refractivity contribution in [3.05, 3.63) is 41.6 Å². The molecule has 2 atom stereocenters. The van der Waals surface area contributed by atoms with E-state index in [1.165, 1.54) is 31.4 Å². The summed E-state index contributed by atoms with van der Waals surface area (Å²) in [5, 5.41) is 9.19. The van der Waals surface area contributed by atoms with Crippen molar-refractivity contribution in [2.75, 3.05) is 26.3 Å². The molecule has 2 fully saturated rings. The number of piperidine rings is 1. The number of halogens is 3. The van der Waals surface area contributed by atoms with Gasteiger partial charge in [-0.3, -0.25) is 14.5 Å². The van der Waals surface area contributed by atoms with Crippen LogP contribution in [0.5, 0.6) is 0 Å². The predicted molar refractivity (Wildman–Crippen MR) is 119 cm³/mol. The first kappa shape index (κ1) is 24.3. The molecule has 1 aliphatic carbocycles. The van der Waals surface area contributed by atoms with Crippen LogP contribution >= 0.6 is 0 Å². The zero-order valence-corrected chi connectivity index (χ0v) is 18.9. The number of carbonyl (C=O) groups is 2. The highest BCUT2D eigenvalue weighted by atomic mass is 19.1. The van der Waals surface area contributed by atoms with Gasteiger partial charge in [-0.15, -0.1) is 0 Å². The first-order valence-electron chi connectivity index (χ1n) is 11.8. The Labute approximate surface area is 196 Å². The summed E-state index contributed by atoms with van der Waals surface area (Å²) in [7, 11) is 0. The largest absolute Gasteiger partial charge is 0.355 e. The maximum absolute atomic E-state index is 14.0. The minimum absolute atomic E-state index is 0.00740. The first-order valence-corrected chi connectivity index (χ1v) is 11.8. The molecule has 2 heterocycles. The zero-order chi connectivity index (χ0) is 24.1. The summed E-state index contributed by atoms with van der Waals surface area (Å²) < 4.78 is 45.0. The van der Waals surface area contributed by atoms with E-state index < -0.39 is 36.2 Å². The molecule has 0 radical (unpaired) electrons. The Hall–Kier alpha value is -2.88. The van der Waals surface area contributed by atoms with Gasteiger partial charge in [-0.05, 0) is 31.4 Å². The fourth-order valence-corrected chi connectivity index (χ4v) is 4.94. The Morgan fingerprint density at radius 2 is 1.91 bits per heavy atom. The maximum atomic E-state index is 14.0. The molecular formula is C24H29F3N4O3. The third-order valence-corrected chi connectivity index (χ3v) is 6.72. The van der Waals surface area contributed by atoms with Crippen molar-refractivity contribution < 1.29 is 27.3 Å². The van der Waals surface area contributed by atoms with Crippen molar-refractivity contribution in [2.24, 2.45) is 5.92 Å². The van der Waals surface area contributed by atoms with Crippen molar-refractivity contribution in [2.45, 2.75) is 50.6 Å². The van der Waals surface area contributed by atoms with E-state index in [0.717, 1.165) is 31.5 Å². The van der Waals surface area contributed by atoms with Crippen molar-refractivity contribution in [3.8, 4) is 11.3 Å².